The average molecular weight is 351 g/mol. The van der Waals surface area contributed by atoms with Gasteiger partial charge in [-0.15, -0.1) is 0 Å². The van der Waals surface area contributed by atoms with Crippen LogP contribution >= 0.6 is 0 Å². The molecule has 0 saturated heterocycles. The Balaban J connectivity index is 2.13. The largest absolute Gasteiger partial charge is 0.491 e. The number of rotatable bonds is 7. The lowest BCUT2D eigenvalue weighted by Crippen LogP contribution is -2.30. The first-order chi connectivity index (χ1) is 11.3. The Hall–Kier alpha value is -2.25. The number of carbonyl (C=O) groups excluding carboxylic acids is 1. The minimum absolute atomic E-state index is 0.0372. The molecule has 0 aliphatic carbocycles. The number of halogens is 1. The third-order valence-electron chi connectivity index (χ3n) is 3.09. The summed E-state index contributed by atoms with van der Waals surface area (Å²) >= 11 is 0. The number of Topliss-reactive ketones (excluding diaryl/α,β-unsaturated/α-hetero) is 1. The molecule has 0 aromatic heterocycles. The van der Waals surface area contributed by atoms with Crippen LogP contribution in [0.3, 0.4) is 0 Å². The fourth-order valence-corrected chi connectivity index (χ4v) is 3.01. The van der Waals surface area contributed by atoms with Crippen molar-refractivity contribution in [3.63, 3.8) is 0 Å². The van der Waals surface area contributed by atoms with E-state index in [0.717, 1.165) is 6.07 Å². The summed E-state index contributed by atoms with van der Waals surface area (Å²) in [6.07, 6.45) is -0.130. The number of benzene rings is 2. The number of hydrogen-bond acceptors (Lipinski definition) is 4. The highest BCUT2D eigenvalue weighted by Gasteiger charge is 2.18. The first-order valence-electron chi connectivity index (χ1n) is 7.34. The van der Waals surface area contributed by atoms with E-state index in [1.165, 1.54) is 24.3 Å². The van der Waals surface area contributed by atoms with Crippen LogP contribution < -0.4 is 9.46 Å². The van der Waals surface area contributed by atoms with Crippen molar-refractivity contribution < 1.29 is 22.3 Å². The van der Waals surface area contributed by atoms with Gasteiger partial charge in [-0.05, 0) is 44.2 Å². The monoisotopic (exact) mass is 351 g/mol. The van der Waals surface area contributed by atoms with Crippen molar-refractivity contribution in [3.05, 3.63) is 59.9 Å². The first kappa shape index (κ1) is 18.1. The predicted molar refractivity (Wildman–Crippen MR) is 88.1 cm³/mol. The van der Waals surface area contributed by atoms with E-state index >= 15 is 0 Å². The molecule has 0 radical (unpaired) electrons. The van der Waals surface area contributed by atoms with Crippen LogP contribution in [0.2, 0.25) is 0 Å². The number of nitrogens with one attached hydrogen (secondary N) is 1. The Labute approximate surface area is 140 Å². The fourth-order valence-electron chi connectivity index (χ4n) is 2.00. The molecule has 24 heavy (non-hydrogen) atoms. The molecule has 2 aromatic carbocycles. The van der Waals surface area contributed by atoms with Gasteiger partial charge in [0.15, 0.2) is 5.78 Å². The molecule has 7 heteroatoms. The van der Waals surface area contributed by atoms with Gasteiger partial charge in [-0.3, -0.25) is 4.79 Å². The lowest BCUT2D eigenvalue weighted by atomic mass is 10.1. The molecule has 1 N–H and O–H groups in total. The summed E-state index contributed by atoms with van der Waals surface area (Å²) < 4.78 is 45.6. The molecule has 2 aromatic rings. The molecule has 0 spiro atoms. The Morgan fingerprint density at radius 2 is 1.83 bits per heavy atom. The molecule has 0 saturated carbocycles. The molecular formula is C17H18FNO4S. The summed E-state index contributed by atoms with van der Waals surface area (Å²) in [7, 11) is -3.83. The minimum atomic E-state index is -3.83. The van der Waals surface area contributed by atoms with E-state index in [-0.39, 0.29) is 16.6 Å². The van der Waals surface area contributed by atoms with Crippen molar-refractivity contribution in [2.45, 2.75) is 24.8 Å². The maximum absolute atomic E-state index is 13.8. The van der Waals surface area contributed by atoms with Crippen molar-refractivity contribution in [1.82, 2.24) is 4.72 Å². The maximum Gasteiger partial charge on any atom is 0.240 e. The Kier molecular flexibility index (Phi) is 5.69. The zero-order valence-electron chi connectivity index (χ0n) is 13.3. The SMILES string of the molecule is CC(C)Oc1ccc(F)c(C(=O)CNS(=O)(=O)c2ccccc2)c1. The van der Waals surface area contributed by atoms with Crippen LogP contribution in [0, 0.1) is 5.82 Å². The second kappa shape index (κ2) is 7.55. The first-order valence-corrected chi connectivity index (χ1v) is 8.82. The Morgan fingerprint density at radius 1 is 1.17 bits per heavy atom. The number of carbonyl (C=O) groups is 1. The van der Waals surface area contributed by atoms with Crippen molar-refractivity contribution in [3.8, 4) is 5.75 Å². The maximum atomic E-state index is 13.8. The molecular weight excluding hydrogens is 333 g/mol. The molecule has 0 aliphatic heterocycles. The van der Waals surface area contributed by atoms with E-state index in [0.29, 0.717) is 5.75 Å². The van der Waals surface area contributed by atoms with Crippen LogP contribution in [-0.4, -0.2) is 26.8 Å². The average Bonchev–Trinajstić information content (AvgIpc) is 2.55. The van der Waals surface area contributed by atoms with E-state index in [1.807, 2.05) is 0 Å². The van der Waals surface area contributed by atoms with Crippen molar-refractivity contribution in [2.75, 3.05) is 6.54 Å². The number of ether oxygens (including phenoxy) is 1. The lowest BCUT2D eigenvalue weighted by molar-refractivity contribution is 0.0992. The zero-order chi connectivity index (χ0) is 17.7. The van der Waals surface area contributed by atoms with Gasteiger partial charge in [0, 0.05) is 0 Å². The number of hydrogen-bond donors (Lipinski definition) is 1. The van der Waals surface area contributed by atoms with Gasteiger partial charge in [-0.1, -0.05) is 18.2 Å². The van der Waals surface area contributed by atoms with Crippen LogP contribution in [0.5, 0.6) is 5.75 Å². The third-order valence-corrected chi connectivity index (χ3v) is 4.50. The second-order valence-electron chi connectivity index (χ2n) is 5.37. The molecule has 5 nitrogen and oxygen atoms in total. The molecule has 2 rings (SSSR count). The molecule has 0 bridgehead atoms. The van der Waals surface area contributed by atoms with Gasteiger partial charge in [-0.25, -0.2) is 17.5 Å². The zero-order valence-corrected chi connectivity index (χ0v) is 14.1. The highest BCUT2D eigenvalue weighted by molar-refractivity contribution is 7.89. The lowest BCUT2D eigenvalue weighted by Gasteiger charge is -2.11. The minimum Gasteiger partial charge on any atom is -0.491 e. The van der Waals surface area contributed by atoms with Crippen LogP contribution in [0.1, 0.15) is 24.2 Å². The van der Waals surface area contributed by atoms with Crippen molar-refractivity contribution in [1.29, 1.82) is 0 Å². The quantitative estimate of drug-likeness (QED) is 0.779. The van der Waals surface area contributed by atoms with Crippen LogP contribution in [0.15, 0.2) is 53.4 Å². The van der Waals surface area contributed by atoms with E-state index in [2.05, 4.69) is 4.72 Å². The van der Waals surface area contributed by atoms with Crippen molar-refractivity contribution in [2.24, 2.45) is 0 Å². The van der Waals surface area contributed by atoms with Gasteiger partial charge < -0.3 is 4.74 Å². The Morgan fingerprint density at radius 3 is 2.46 bits per heavy atom. The van der Waals surface area contributed by atoms with Crippen molar-refractivity contribution >= 4 is 15.8 Å². The standard InChI is InChI=1S/C17H18FNO4S/c1-12(2)23-13-8-9-16(18)15(10-13)17(20)11-19-24(21,22)14-6-4-3-5-7-14/h3-10,12,19H,11H2,1-2H3. The van der Waals surface area contributed by atoms with E-state index in [9.17, 15) is 17.6 Å². The van der Waals surface area contributed by atoms with Gasteiger partial charge in [0.2, 0.25) is 10.0 Å². The smallest absolute Gasteiger partial charge is 0.240 e. The van der Waals surface area contributed by atoms with Crippen LogP contribution in [-0.2, 0) is 10.0 Å². The molecule has 0 amide bonds. The summed E-state index contributed by atoms with van der Waals surface area (Å²) in [5.74, 6) is -1.06. The van der Waals surface area contributed by atoms with Gasteiger partial charge >= 0.3 is 0 Å². The fraction of sp³-hybridized carbons (Fsp3) is 0.235. The van der Waals surface area contributed by atoms with E-state index < -0.39 is 28.2 Å². The molecule has 0 atom stereocenters. The highest BCUT2D eigenvalue weighted by atomic mass is 32.2. The van der Waals surface area contributed by atoms with E-state index in [1.54, 1.807) is 32.0 Å². The molecule has 0 aliphatic rings. The molecule has 0 heterocycles. The predicted octanol–water partition coefficient (Wildman–Crippen LogP) is 2.77. The van der Waals surface area contributed by atoms with Gasteiger partial charge in [0.25, 0.3) is 0 Å². The second-order valence-corrected chi connectivity index (χ2v) is 7.14. The van der Waals surface area contributed by atoms with Gasteiger partial charge in [-0.2, -0.15) is 0 Å². The summed E-state index contributed by atoms with van der Waals surface area (Å²) in [6, 6.07) is 11.5. The van der Waals surface area contributed by atoms with E-state index in [4.69, 9.17) is 4.74 Å². The third kappa shape index (κ3) is 4.62. The number of sulfonamides is 1. The van der Waals surface area contributed by atoms with Gasteiger partial charge in [0.1, 0.15) is 11.6 Å². The number of ketones is 1. The topological polar surface area (TPSA) is 72.5 Å². The summed E-state index contributed by atoms with van der Waals surface area (Å²) in [6.45, 7) is 3.07. The molecule has 128 valence electrons. The molecule has 0 fully saturated rings. The summed E-state index contributed by atoms with van der Waals surface area (Å²) in [5.41, 5.74) is -0.219. The van der Waals surface area contributed by atoms with Crippen LogP contribution in [0.25, 0.3) is 0 Å². The van der Waals surface area contributed by atoms with Crippen LogP contribution in [0.4, 0.5) is 4.39 Å². The summed E-state index contributed by atoms with van der Waals surface area (Å²) in [5, 5.41) is 0. The van der Waals surface area contributed by atoms with Gasteiger partial charge in [0.05, 0.1) is 23.1 Å². The summed E-state index contributed by atoms with van der Waals surface area (Å²) in [4.78, 5) is 12.2. The highest BCUT2D eigenvalue weighted by Crippen LogP contribution is 2.19. The normalized spacial score (nSPS) is 11.5. The Bertz CT molecular complexity index is 820. The molecule has 0 unspecified atom stereocenters.